The summed E-state index contributed by atoms with van der Waals surface area (Å²) in [6.07, 6.45) is -7.58. The van der Waals surface area contributed by atoms with Crippen molar-refractivity contribution in [2.75, 3.05) is 26.7 Å². The van der Waals surface area contributed by atoms with E-state index in [1.807, 2.05) is 24.3 Å². The number of methoxy groups -OCH3 is 1. The van der Waals surface area contributed by atoms with Crippen molar-refractivity contribution in [1.29, 1.82) is 0 Å². The fourth-order valence-corrected chi connectivity index (χ4v) is 4.36. The zero-order valence-corrected chi connectivity index (χ0v) is 18.6. The molecule has 3 nitrogen and oxygen atoms in total. The van der Waals surface area contributed by atoms with E-state index in [0.717, 1.165) is 43.6 Å². The molecule has 3 rings (SSSR count). The molecule has 2 unspecified atom stereocenters. The average molecular weight is 474 g/mol. The molecule has 0 spiro atoms. The molecule has 1 saturated heterocycles. The van der Waals surface area contributed by atoms with E-state index in [0.29, 0.717) is 18.2 Å². The fourth-order valence-electron chi connectivity index (χ4n) is 4.36. The highest BCUT2D eigenvalue weighted by molar-refractivity contribution is 5.37. The number of rotatable bonds is 7. The van der Waals surface area contributed by atoms with E-state index in [-0.39, 0.29) is 24.2 Å². The van der Waals surface area contributed by atoms with Gasteiger partial charge in [-0.3, -0.25) is 4.90 Å². The van der Waals surface area contributed by atoms with Gasteiger partial charge in [0.15, 0.2) is 0 Å². The molecule has 1 aliphatic rings. The van der Waals surface area contributed by atoms with Crippen LogP contribution in [0.4, 0.5) is 26.3 Å². The number of alkyl halides is 6. The van der Waals surface area contributed by atoms with Gasteiger partial charge < -0.3 is 10.1 Å². The average Bonchev–Trinajstić information content (AvgIpc) is 2.75. The van der Waals surface area contributed by atoms with Gasteiger partial charge in [-0.1, -0.05) is 25.1 Å². The lowest BCUT2D eigenvalue weighted by Gasteiger charge is -2.38. The Hall–Kier alpha value is -2.26. The summed E-state index contributed by atoms with van der Waals surface area (Å²) in [5.74, 6) is 1.19. The molecule has 33 heavy (non-hydrogen) atoms. The molecular weight excluding hydrogens is 446 g/mol. The second kappa shape index (κ2) is 10.3. The maximum Gasteiger partial charge on any atom is 0.416 e. The van der Waals surface area contributed by atoms with Crippen molar-refractivity contribution in [2.45, 2.75) is 44.7 Å². The minimum atomic E-state index is -4.86. The first kappa shape index (κ1) is 25.4. The first-order chi connectivity index (χ1) is 15.5. The molecule has 9 heteroatoms. The lowest BCUT2D eigenvalue weighted by Crippen LogP contribution is -2.41. The van der Waals surface area contributed by atoms with Crippen molar-refractivity contribution < 1.29 is 31.1 Å². The molecule has 1 aliphatic heterocycles. The third kappa shape index (κ3) is 6.63. The van der Waals surface area contributed by atoms with Gasteiger partial charge in [0, 0.05) is 25.2 Å². The molecule has 0 aromatic heterocycles. The van der Waals surface area contributed by atoms with Crippen LogP contribution in [0.15, 0.2) is 42.5 Å². The van der Waals surface area contributed by atoms with Crippen LogP contribution in [0, 0.1) is 5.92 Å². The first-order valence-electron chi connectivity index (χ1n) is 10.8. The highest BCUT2D eigenvalue weighted by atomic mass is 19.4. The number of hydrogen-bond donors (Lipinski definition) is 1. The number of benzene rings is 2. The van der Waals surface area contributed by atoms with Crippen LogP contribution in [0.1, 0.15) is 48.1 Å². The molecule has 2 aromatic carbocycles. The van der Waals surface area contributed by atoms with E-state index >= 15 is 0 Å². The van der Waals surface area contributed by atoms with Crippen LogP contribution in [0.3, 0.4) is 0 Å². The summed E-state index contributed by atoms with van der Waals surface area (Å²) in [7, 11) is 1.57. The fraction of sp³-hybridized carbons (Fsp3) is 0.500. The Labute approximate surface area is 189 Å². The summed E-state index contributed by atoms with van der Waals surface area (Å²) >= 11 is 0. The monoisotopic (exact) mass is 474 g/mol. The van der Waals surface area contributed by atoms with E-state index < -0.39 is 23.5 Å². The normalized spacial score (nSPS) is 18.8. The number of ether oxygens (including phenoxy) is 1. The van der Waals surface area contributed by atoms with E-state index in [4.69, 9.17) is 4.74 Å². The summed E-state index contributed by atoms with van der Waals surface area (Å²) < 4.78 is 84.5. The molecule has 1 fully saturated rings. The number of nitrogens with zero attached hydrogens (tertiary/aromatic N) is 1. The molecular formula is C24H28F6N2O. The number of nitrogens with one attached hydrogen (secondary N) is 1. The summed E-state index contributed by atoms with van der Waals surface area (Å²) in [6, 6.07) is 9.09. The van der Waals surface area contributed by atoms with Gasteiger partial charge in [0.2, 0.25) is 0 Å². The summed E-state index contributed by atoms with van der Waals surface area (Å²) in [4.78, 5) is 2.30. The van der Waals surface area contributed by atoms with Crippen LogP contribution in [-0.2, 0) is 18.9 Å². The third-order valence-electron chi connectivity index (χ3n) is 5.94. The van der Waals surface area contributed by atoms with Crippen LogP contribution >= 0.6 is 0 Å². The van der Waals surface area contributed by atoms with Gasteiger partial charge in [-0.2, -0.15) is 26.3 Å². The Kier molecular flexibility index (Phi) is 7.95. The predicted molar refractivity (Wildman–Crippen MR) is 114 cm³/mol. The number of piperidine rings is 1. The Morgan fingerprint density at radius 3 is 2.24 bits per heavy atom. The van der Waals surface area contributed by atoms with Crippen LogP contribution in [-0.4, -0.2) is 31.6 Å². The summed E-state index contributed by atoms with van der Waals surface area (Å²) in [6.45, 7) is 4.11. The van der Waals surface area contributed by atoms with E-state index in [1.165, 1.54) is 0 Å². The zero-order valence-electron chi connectivity index (χ0n) is 18.6. The molecule has 0 bridgehead atoms. The van der Waals surface area contributed by atoms with Crippen molar-refractivity contribution in [2.24, 2.45) is 5.92 Å². The predicted octanol–water partition coefficient (Wildman–Crippen LogP) is 6.30. The highest BCUT2D eigenvalue weighted by Crippen LogP contribution is 2.37. The second-order valence-corrected chi connectivity index (χ2v) is 8.55. The van der Waals surface area contributed by atoms with Crippen LogP contribution in [0.2, 0.25) is 0 Å². The van der Waals surface area contributed by atoms with Crippen LogP contribution < -0.4 is 10.1 Å². The maximum atomic E-state index is 13.2. The molecule has 0 radical (unpaired) electrons. The first-order valence-corrected chi connectivity index (χ1v) is 10.8. The number of halogens is 6. The van der Waals surface area contributed by atoms with Gasteiger partial charge in [-0.25, -0.2) is 0 Å². The molecule has 1 heterocycles. The minimum Gasteiger partial charge on any atom is -0.496 e. The van der Waals surface area contributed by atoms with Crippen LogP contribution in [0.25, 0.3) is 0 Å². The van der Waals surface area contributed by atoms with E-state index in [1.54, 1.807) is 7.11 Å². The SMILES string of the molecule is COc1ccccc1C(CNCc1cc(C(F)(F)F)cc(C(F)(F)F)c1)N1CCCC(C)C1. The highest BCUT2D eigenvalue weighted by Gasteiger charge is 2.37. The third-order valence-corrected chi connectivity index (χ3v) is 5.94. The Bertz CT molecular complexity index is 896. The van der Waals surface area contributed by atoms with E-state index in [2.05, 4.69) is 17.1 Å². The topological polar surface area (TPSA) is 24.5 Å². The quantitative estimate of drug-likeness (QED) is 0.477. The van der Waals surface area contributed by atoms with Gasteiger partial charge >= 0.3 is 12.4 Å². The van der Waals surface area contributed by atoms with Gasteiger partial charge in [0.05, 0.1) is 24.3 Å². The number of likely N-dealkylation sites (tertiary alicyclic amines) is 1. The van der Waals surface area contributed by atoms with Gasteiger partial charge in [-0.05, 0) is 55.1 Å². The van der Waals surface area contributed by atoms with Gasteiger partial charge in [0.25, 0.3) is 0 Å². The Balaban J connectivity index is 1.83. The van der Waals surface area contributed by atoms with Crippen molar-refractivity contribution >= 4 is 0 Å². The van der Waals surface area contributed by atoms with Gasteiger partial charge in [0.1, 0.15) is 5.75 Å². The molecule has 2 atom stereocenters. The molecule has 2 aromatic rings. The molecule has 0 saturated carbocycles. The van der Waals surface area contributed by atoms with Crippen molar-refractivity contribution in [1.82, 2.24) is 10.2 Å². The Morgan fingerprint density at radius 2 is 1.67 bits per heavy atom. The zero-order chi connectivity index (χ0) is 24.2. The van der Waals surface area contributed by atoms with Gasteiger partial charge in [-0.15, -0.1) is 0 Å². The molecule has 0 amide bonds. The lowest BCUT2D eigenvalue weighted by atomic mass is 9.95. The maximum absolute atomic E-state index is 13.2. The van der Waals surface area contributed by atoms with Crippen LogP contribution in [0.5, 0.6) is 5.75 Å². The Morgan fingerprint density at radius 1 is 1.03 bits per heavy atom. The summed E-state index contributed by atoms with van der Waals surface area (Å²) in [5, 5.41) is 3.09. The number of hydrogen-bond acceptors (Lipinski definition) is 3. The molecule has 0 aliphatic carbocycles. The van der Waals surface area contributed by atoms with Crippen molar-refractivity contribution in [3.63, 3.8) is 0 Å². The lowest BCUT2D eigenvalue weighted by molar-refractivity contribution is -0.143. The van der Waals surface area contributed by atoms with E-state index in [9.17, 15) is 26.3 Å². The standard InChI is InChI=1S/C24H28F6N2O/c1-16-6-5-9-32(15-16)21(20-7-3-4-8-22(20)33-2)14-31-13-17-10-18(23(25,26)27)12-19(11-17)24(28,29)30/h3-4,7-8,10-12,16,21,31H,5-6,9,13-15H2,1-2H3. The smallest absolute Gasteiger partial charge is 0.416 e. The second-order valence-electron chi connectivity index (χ2n) is 8.55. The van der Waals surface area contributed by atoms with Crippen molar-refractivity contribution in [3.8, 4) is 5.75 Å². The largest absolute Gasteiger partial charge is 0.496 e. The summed E-state index contributed by atoms with van der Waals surface area (Å²) in [5.41, 5.74) is -1.75. The molecule has 1 N–H and O–H groups in total. The minimum absolute atomic E-state index is 0.0667. The number of para-hydroxylation sites is 1. The van der Waals surface area contributed by atoms with Crippen molar-refractivity contribution in [3.05, 3.63) is 64.7 Å². The molecule has 182 valence electrons.